The van der Waals surface area contributed by atoms with Gasteiger partial charge in [0, 0.05) is 25.2 Å². The van der Waals surface area contributed by atoms with E-state index in [-0.39, 0.29) is 18.8 Å². The normalized spacial score (nSPS) is 17.2. The van der Waals surface area contributed by atoms with E-state index in [2.05, 4.69) is 9.89 Å². The molecule has 1 aromatic rings. The van der Waals surface area contributed by atoms with Crippen LogP contribution in [-0.2, 0) is 0 Å². The van der Waals surface area contributed by atoms with E-state index >= 15 is 0 Å². The summed E-state index contributed by atoms with van der Waals surface area (Å²) in [5.41, 5.74) is 5.98. The van der Waals surface area contributed by atoms with E-state index in [1.165, 1.54) is 37.1 Å². The number of benzene rings is 1. The lowest BCUT2D eigenvalue weighted by Gasteiger charge is -2.21. The molecule has 0 bridgehead atoms. The summed E-state index contributed by atoms with van der Waals surface area (Å²) in [6, 6.07) is 5.72. The second kappa shape index (κ2) is 9.07. The molecule has 2 rings (SSSR count). The molecule has 1 aliphatic rings. The van der Waals surface area contributed by atoms with Gasteiger partial charge in [-0.05, 0) is 25.0 Å². The first-order chi connectivity index (χ1) is 11.6. The van der Waals surface area contributed by atoms with Crippen molar-refractivity contribution in [2.45, 2.75) is 31.8 Å². The molecule has 0 saturated carbocycles. The first kappa shape index (κ1) is 18.0. The van der Waals surface area contributed by atoms with Crippen LogP contribution in [0.3, 0.4) is 0 Å². The SMILES string of the molecule is NC(=NCC(O)COc1ccc([N+](=O)[O-])cc1)N1CCCCCC1. The van der Waals surface area contributed by atoms with Crippen LogP contribution in [0.5, 0.6) is 5.75 Å². The predicted octanol–water partition coefficient (Wildman–Crippen LogP) is 1.53. The third kappa shape index (κ3) is 5.69. The van der Waals surface area contributed by atoms with Crippen molar-refractivity contribution < 1.29 is 14.8 Å². The number of likely N-dealkylation sites (tertiary alicyclic amines) is 1. The van der Waals surface area contributed by atoms with E-state index in [1.807, 2.05) is 0 Å². The molecule has 1 saturated heterocycles. The highest BCUT2D eigenvalue weighted by atomic mass is 16.6. The summed E-state index contributed by atoms with van der Waals surface area (Å²) in [6.07, 6.45) is 3.88. The summed E-state index contributed by atoms with van der Waals surface area (Å²) in [5.74, 6) is 0.926. The molecule has 0 aliphatic carbocycles. The number of hydrogen-bond acceptors (Lipinski definition) is 5. The smallest absolute Gasteiger partial charge is 0.269 e. The molecule has 1 unspecified atom stereocenters. The molecule has 1 atom stereocenters. The van der Waals surface area contributed by atoms with Crippen molar-refractivity contribution >= 4 is 11.6 Å². The summed E-state index contributed by atoms with van der Waals surface area (Å²) in [5, 5.41) is 20.5. The van der Waals surface area contributed by atoms with Gasteiger partial charge in [0.25, 0.3) is 5.69 Å². The number of guanidine groups is 1. The number of nitrogens with zero attached hydrogens (tertiary/aromatic N) is 3. The Labute approximate surface area is 141 Å². The maximum absolute atomic E-state index is 10.6. The second-order valence-corrected chi connectivity index (χ2v) is 5.82. The van der Waals surface area contributed by atoms with Crippen LogP contribution in [0, 0.1) is 10.1 Å². The zero-order chi connectivity index (χ0) is 17.4. The summed E-state index contributed by atoms with van der Waals surface area (Å²) >= 11 is 0. The monoisotopic (exact) mass is 336 g/mol. The Morgan fingerprint density at radius 2 is 1.92 bits per heavy atom. The molecule has 3 N–H and O–H groups in total. The molecule has 8 nitrogen and oxygen atoms in total. The average Bonchev–Trinajstić information content (AvgIpc) is 2.87. The molecule has 0 spiro atoms. The number of non-ortho nitro benzene ring substituents is 1. The Morgan fingerprint density at radius 3 is 2.50 bits per heavy atom. The van der Waals surface area contributed by atoms with E-state index in [1.54, 1.807) is 0 Å². The van der Waals surface area contributed by atoms with Gasteiger partial charge < -0.3 is 20.5 Å². The second-order valence-electron chi connectivity index (χ2n) is 5.82. The third-order valence-electron chi connectivity index (χ3n) is 3.88. The molecule has 1 aliphatic heterocycles. The van der Waals surface area contributed by atoms with Gasteiger partial charge in [-0.2, -0.15) is 0 Å². The minimum Gasteiger partial charge on any atom is -0.491 e. The van der Waals surface area contributed by atoms with Gasteiger partial charge >= 0.3 is 0 Å². The number of nitro benzene ring substituents is 1. The van der Waals surface area contributed by atoms with Crippen molar-refractivity contribution in [2.24, 2.45) is 10.7 Å². The Morgan fingerprint density at radius 1 is 1.29 bits per heavy atom. The van der Waals surface area contributed by atoms with Crippen LogP contribution in [0.25, 0.3) is 0 Å². The summed E-state index contributed by atoms with van der Waals surface area (Å²) in [7, 11) is 0. The highest BCUT2D eigenvalue weighted by Crippen LogP contribution is 2.17. The number of hydrogen-bond donors (Lipinski definition) is 2. The first-order valence-electron chi connectivity index (χ1n) is 8.16. The quantitative estimate of drug-likeness (QED) is 0.352. The summed E-state index contributed by atoms with van der Waals surface area (Å²) < 4.78 is 5.40. The van der Waals surface area contributed by atoms with Crippen molar-refractivity contribution in [1.29, 1.82) is 0 Å². The molecule has 0 radical (unpaired) electrons. The van der Waals surface area contributed by atoms with Gasteiger partial charge in [-0.15, -0.1) is 0 Å². The Balaban J connectivity index is 1.76. The number of rotatable bonds is 6. The van der Waals surface area contributed by atoms with Crippen LogP contribution in [0.4, 0.5) is 5.69 Å². The standard InChI is InChI=1S/C16H24N4O4/c17-16(19-9-3-1-2-4-10-19)18-11-14(21)12-24-15-7-5-13(6-8-15)20(22)23/h5-8,14,21H,1-4,9-12H2,(H2,17,18). The van der Waals surface area contributed by atoms with Crippen LogP contribution in [0.2, 0.25) is 0 Å². The van der Waals surface area contributed by atoms with Gasteiger partial charge in [0.05, 0.1) is 11.5 Å². The lowest BCUT2D eigenvalue weighted by molar-refractivity contribution is -0.384. The van der Waals surface area contributed by atoms with Crippen molar-refractivity contribution in [1.82, 2.24) is 4.90 Å². The van der Waals surface area contributed by atoms with Gasteiger partial charge in [-0.3, -0.25) is 15.1 Å². The van der Waals surface area contributed by atoms with Crippen LogP contribution >= 0.6 is 0 Å². The lowest BCUT2D eigenvalue weighted by Crippen LogP contribution is -2.38. The van der Waals surface area contributed by atoms with E-state index in [4.69, 9.17) is 10.5 Å². The molecule has 132 valence electrons. The van der Waals surface area contributed by atoms with Crippen molar-refractivity contribution in [3.63, 3.8) is 0 Å². The van der Waals surface area contributed by atoms with Crippen molar-refractivity contribution in [3.8, 4) is 5.75 Å². The average molecular weight is 336 g/mol. The zero-order valence-electron chi connectivity index (χ0n) is 13.6. The maximum Gasteiger partial charge on any atom is 0.269 e. The molecule has 8 heteroatoms. The molecule has 1 aromatic carbocycles. The van der Waals surface area contributed by atoms with Crippen molar-refractivity contribution in [2.75, 3.05) is 26.2 Å². The molecule has 0 amide bonds. The Hall–Kier alpha value is -2.35. The molecule has 0 aromatic heterocycles. The minimum absolute atomic E-state index is 0.00211. The van der Waals surface area contributed by atoms with Gasteiger partial charge in [-0.1, -0.05) is 12.8 Å². The fraction of sp³-hybridized carbons (Fsp3) is 0.562. The van der Waals surface area contributed by atoms with Crippen LogP contribution in [0.1, 0.15) is 25.7 Å². The molecule has 1 heterocycles. The first-order valence-corrected chi connectivity index (χ1v) is 8.16. The Kier molecular flexibility index (Phi) is 6.80. The van der Waals surface area contributed by atoms with E-state index < -0.39 is 11.0 Å². The number of aliphatic hydroxyl groups excluding tert-OH is 1. The maximum atomic E-state index is 10.6. The lowest BCUT2D eigenvalue weighted by atomic mass is 10.2. The molecular formula is C16H24N4O4. The summed E-state index contributed by atoms with van der Waals surface area (Å²) in [6.45, 7) is 2.03. The predicted molar refractivity (Wildman–Crippen MR) is 91.1 cm³/mol. The van der Waals surface area contributed by atoms with Gasteiger partial charge in [0.15, 0.2) is 5.96 Å². The molecular weight excluding hydrogens is 312 g/mol. The third-order valence-corrected chi connectivity index (χ3v) is 3.88. The minimum atomic E-state index is -0.786. The largest absolute Gasteiger partial charge is 0.491 e. The molecule has 1 fully saturated rings. The van der Waals surface area contributed by atoms with Gasteiger partial charge in [0.2, 0.25) is 0 Å². The van der Waals surface area contributed by atoms with Gasteiger partial charge in [-0.25, -0.2) is 0 Å². The van der Waals surface area contributed by atoms with Crippen LogP contribution < -0.4 is 10.5 Å². The highest BCUT2D eigenvalue weighted by molar-refractivity contribution is 5.78. The molecule has 24 heavy (non-hydrogen) atoms. The highest BCUT2D eigenvalue weighted by Gasteiger charge is 2.12. The number of nitrogens with two attached hydrogens (primary N) is 1. The van der Waals surface area contributed by atoms with Gasteiger partial charge in [0.1, 0.15) is 18.5 Å². The topological polar surface area (TPSA) is 114 Å². The van der Waals surface area contributed by atoms with E-state index in [0.29, 0.717) is 11.7 Å². The number of aliphatic hydroxyl groups is 1. The Bertz CT molecular complexity index is 554. The fourth-order valence-corrected chi connectivity index (χ4v) is 2.51. The van der Waals surface area contributed by atoms with Crippen LogP contribution in [0.15, 0.2) is 29.3 Å². The number of ether oxygens (including phenoxy) is 1. The number of aliphatic imine (C=N–C) groups is 1. The zero-order valence-corrected chi connectivity index (χ0v) is 13.6. The van der Waals surface area contributed by atoms with E-state index in [9.17, 15) is 15.2 Å². The van der Waals surface area contributed by atoms with Crippen molar-refractivity contribution in [3.05, 3.63) is 34.4 Å². The van der Waals surface area contributed by atoms with Crippen LogP contribution in [-0.4, -0.2) is 53.2 Å². The fourth-order valence-electron chi connectivity index (χ4n) is 2.51. The summed E-state index contributed by atoms with van der Waals surface area (Å²) in [4.78, 5) is 16.4. The van der Waals surface area contributed by atoms with E-state index in [0.717, 1.165) is 25.9 Å². The number of nitro groups is 1.